The van der Waals surface area contributed by atoms with E-state index in [0.29, 0.717) is 0 Å². The lowest BCUT2D eigenvalue weighted by Gasteiger charge is -2.56. The summed E-state index contributed by atoms with van der Waals surface area (Å²) in [5, 5.41) is 11.4. The Bertz CT molecular complexity index is 1000. The summed E-state index contributed by atoms with van der Waals surface area (Å²) in [6, 6.07) is 9.60. The van der Waals surface area contributed by atoms with Gasteiger partial charge >= 0.3 is 0 Å². The van der Waals surface area contributed by atoms with Crippen molar-refractivity contribution in [2.45, 2.75) is 76.3 Å². The van der Waals surface area contributed by atoms with E-state index in [2.05, 4.69) is 11.9 Å². The van der Waals surface area contributed by atoms with Crippen LogP contribution in [0, 0.1) is 5.41 Å². The maximum absolute atomic E-state index is 13.3. The van der Waals surface area contributed by atoms with Gasteiger partial charge in [0.25, 0.3) is 5.91 Å². The number of amides is 1. The van der Waals surface area contributed by atoms with Gasteiger partial charge in [0.2, 0.25) is 0 Å². The van der Waals surface area contributed by atoms with E-state index < -0.39 is 5.60 Å². The Kier molecular flexibility index (Phi) is 5.31. The molecule has 3 atom stereocenters. The Hall–Kier alpha value is -2.02. The van der Waals surface area contributed by atoms with Crippen LogP contribution < -0.4 is 0 Å². The second-order valence-electron chi connectivity index (χ2n) is 10.8. The third-order valence-corrected chi connectivity index (χ3v) is 8.01. The average molecular weight is 439 g/mol. The van der Waals surface area contributed by atoms with Gasteiger partial charge in [0.05, 0.1) is 35.5 Å². The molecule has 0 saturated carbocycles. The maximum Gasteiger partial charge on any atom is 0.254 e. The molecule has 0 unspecified atom stereocenters. The van der Waals surface area contributed by atoms with Gasteiger partial charge in [-0.2, -0.15) is 0 Å². The number of piperidine rings is 1. The fourth-order valence-electron chi connectivity index (χ4n) is 5.70. The number of carbonyl (C=O) groups is 1. The number of rotatable bonds is 2. The number of ether oxygens (including phenoxy) is 2. The molecule has 5 rings (SSSR count). The lowest BCUT2D eigenvalue weighted by Crippen LogP contribution is -2.61. The summed E-state index contributed by atoms with van der Waals surface area (Å²) in [4.78, 5) is 19.7. The van der Waals surface area contributed by atoms with E-state index in [0.717, 1.165) is 68.3 Å². The largest absolute Gasteiger partial charge is 0.388 e. The summed E-state index contributed by atoms with van der Waals surface area (Å²) in [6.07, 6.45) is 6.03. The topological polar surface area (TPSA) is 71.9 Å². The lowest BCUT2D eigenvalue weighted by atomic mass is 9.68. The summed E-state index contributed by atoms with van der Waals surface area (Å²) >= 11 is 0. The van der Waals surface area contributed by atoms with Gasteiger partial charge in [0.1, 0.15) is 0 Å². The first-order valence-electron chi connectivity index (χ1n) is 11.8. The first-order valence-corrected chi connectivity index (χ1v) is 11.8. The number of hydrogen-bond acceptors (Lipinski definition) is 5. The van der Waals surface area contributed by atoms with Crippen LogP contribution in [0.4, 0.5) is 0 Å². The highest BCUT2D eigenvalue weighted by molar-refractivity contribution is 6.06. The number of aliphatic hydroxyl groups is 1. The summed E-state index contributed by atoms with van der Waals surface area (Å²) in [5.41, 5.74) is 0.471. The standard InChI is InChI=1S/C26H34N2O4/c1-24(2,30)21-9-10-25(3)22(32-21)16-26(17-31-25)11-14-28(15-12-26)23(29)19-6-4-8-20-18(19)7-5-13-27-20/h4-8,13,21-22,30H,9-12,14-17H2,1-3H3/t21-,22-,25+/m0/s1. The smallest absolute Gasteiger partial charge is 0.254 e. The van der Waals surface area contributed by atoms with Gasteiger partial charge in [-0.25, -0.2) is 0 Å². The van der Waals surface area contributed by atoms with Gasteiger partial charge in [-0.1, -0.05) is 12.1 Å². The minimum atomic E-state index is -0.852. The molecule has 0 radical (unpaired) electrons. The highest BCUT2D eigenvalue weighted by Gasteiger charge is 2.53. The van der Waals surface area contributed by atoms with Gasteiger partial charge in [0, 0.05) is 30.2 Å². The molecule has 1 aromatic carbocycles. The van der Waals surface area contributed by atoms with Crippen molar-refractivity contribution in [3.63, 3.8) is 0 Å². The number of benzene rings is 1. The zero-order valence-electron chi connectivity index (χ0n) is 19.3. The fourth-order valence-corrected chi connectivity index (χ4v) is 5.70. The highest BCUT2D eigenvalue weighted by Crippen LogP contribution is 2.49. The van der Waals surface area contributed by atoms with Crippen LogP contribution in [0.3, 0.4) is 0 Å². The van der Waals surface area contributed by atoms with Gasteiger partial charge in [-0.05, 0) is 76.5 Å². The number of hydrogen-bond donors (Lipinski definition) is 1. The van der Waals surface area contributed by atoms with Crippen molar-refractivity contribution < 1.29 is 19.4 Å². The van der Waals surface area contributed by atoms with Gasteiger partial charge < -0.3 is 19.5 Å². The number of fused-ring (bicyclic) bond motifs is 2. The summed E-state index contributed by atoms with van der Waals surface area (Å²) in [6.45, 7) is 7.96. The molecule has 3 saturated heterocycles. The fraction of sp³-hybridized carbons (Fsp3) is 0.615. The highest BCUT2D eigenvalue weighted by atomic mass is 16.6. The molecule has 4 heterocycles. The van der Waals surface area contributed by atoms with Crippen molar-refractivity contribution in [1.29, 1.82) is 0 Å². The Morgan fingerprint density at radius 3 is 2.72 bits per heavy atom. The monoisotopic (exact) mass is 438 g/mol. The molecule has 3 aliphatic heterocycles. The SMILES string of the molecule is CC(C)(O)[C@@H]1CC[C@@]2(C)OCC3(CCN(C(=O)c4cccc5ncccc45)CC3)C[C@@H]2O1. The first kappa shape index (κ1) is 21.8. The number of aromatic nitrogens is 1. The molecular formula is C26H34N2O4. The second-order valence-corrected chi connectivity index (χ2v) is 10.8. The molecule has 6 nitrogen and oxygen atoms in total. The molecule has 1 amide bonds. The third-order valence-electron chi connectivity index (χ3n) is 8.01. The molecule has 172 valence electrons. The van der Waals surface area contributed by atoms with Crippen molar-refractivity contribution in [3.8, 4) is 0 Å². The Morgan fingerprint density at radius 2 is 1.97 bits per heavy atom. The van der Waals surface area contributed by atoms with Crippen LogP contribution >= 0.6 is 0 Å². The third kappa shape index (κ3) is 3.82. The van der Waals surface area contributed by atoms with E-state index in [1.54, 1.807) is 6.20 Å². The van der Waals surface area contributed by atoms with Crippen molar-refractivity contribution >= 4 is 16.8 Å². The number of likely N-dealkylation sites (tertiary alicyclic amines) is 1. The summed E-state index contributed by atoms with van der Waals surface area (Å²) in [5.74, 6) is 0.0797. The van der Waals surface area contributed by atoms with Crippen molar-refractivity contribution in [3.05, 3.63) is 42.1 Å². The molecule has 3 aliphatic rings. The first-order chi connectivity index (χ1) is 15.2. The minimum Gasteiger partial charge on any atom is -0.388 e. The minimum absolute atomic E-state index is 0.0205. The molecule has 32 heavy (non-hydrogen) atoms. The molecule has 3 fully saturated rings. The quantitative estimate of drug-likeness (QED) is 0.769. The van der Waals surface area contributed by atoms with Crippen molar-refractivity contribution in [2.24, 2.45) is 5.41 Å². The van der Waals surface area contributed by atoms with E-state index in [1.807, 2.05) is 49.1 Å². The van der Waals surface area contributed by atoms with Gasteiger partial charge in [0.15, 0.2) is 0 Å². The van der Waals surface area contributed by atoms with E-state index in [4.69, 9.17) is 9.47 Å². The van der Waals surface area contributed by atoms with Crippen molar-refractivity contribution in [2.75, 3.05) is 19.7 Å². The number of pyridine rings is 1. The Labute approximate surface area is 189 Å². The average Bonchev–Trinajstić information content (AvgIpc) is 2.78. The predicted octanol–water partition coefficient (Wildman–Crippen LogP) is 3.95. The normalized spacial score (nSPS) is 30.3. The van der Waals surface area contributed by atoms with E-state index in [9.17, 15) is 9.90 Å². The maximum atomic E-state index is 13.3. The van der Waals surface area contributed by atoms with E-state index in [-0.39, 0.29) is 29.1 Å². The van der Waals surface area contributed by atoms with Crippen LogP contribution in [-0.4, -0.2) is 64.0 Å². The Balaban J connectivity index is 1.28. The number of nitrogens with zero attached hydrogens (tertiary/aromatic N) is 2. The van der Waals surface area contributed by atoms with Crippen LogP contribution in [0.2, 0.25) is 0 Å². The van der Waals surface area contributed by atoms with Crippen LogP contribution in [-0.2, 0) is 9.47 Å². The van der Waals surface area contributed by atoms with Crippen LogP contribution in [0.25, 0.3) is 10.9 Å². The summed E-state index contributed by atoms with van der Waals surface area (Å²) < 4.78 is 12.9. The lowest BCUT2D eigenvalue weighted by molar-refractivity contribution is -0.271. The summed E-state index contributed by atoms with van der Waals surface area (Å²) in [7, 11) is 0. The molecule has 0 bridgehead atoms. The molecule has 6 heteroatoms. The van der Waals surface area contributed by atoms with Gasteiger partial charge in [-0.15, -0.1) is 0 Å². The molecule has 1 N–H and O–H groups in total. The van der Waals surface area contributed by atoms with Gasteiger partial charge in [-0.3, -0.25) is 9.78 Å². The van der Waals surface area contributed by atoms with E-state index in [1.165, 1.54) is 0 Å². The molecular weight excluding hydrogens is 404 g/mol. The zero-order valence-corrected chi connectivity index (χ0v) is 19.3. The molecule has 2 aromatic rings. The van der Waals surface area contributed by atoms with E-state index >= 15 is 0 Å². The molecule has 1 aromatic heterocycles. The van der Waals surface area contributed by atoms with Crippen molar-refractivity contribution in [1.82, 2.24) is 9.88 Å². The van der Waals surface area contributed by atoms with Crippen LogP contribution in [0.15, 0.2) is 36.5 Å². The van der Waals surface area contributed by atoms with Crippen LogP contribution in [0.1, 0.15) is 63.2 Å². The molecule has 0 aliphatic carbocycles. The second kappa shape index (κ2) is 7.79. The predicted molar refractivity (Wildman–Crippen MR) is 122 cm³/mol. The Morgan fingerprint density at radius 1 is 1.19 bits per heavy atom. The number of carbonyl (C=O) groups excluding carboxylic acids is 1. The van der Waals surface area contributed by atoms with Crippen LogP contribution in [0.5, 0.6) is 0 Å². The molecule has 1 spiro atoms. The zero-order chi connectivity index (χ0) is 22.6.